The quantitative estimate of drug-likeness (QED) is 0.510. The number of hydrogen-bond acceptors (Lipinski definition) is 2. The molecule has 1 aromatic carbocycles. The number of para-hydroxylation sites is 1. The molecule has 13 heavy (non-hydrogen) atoms. The summed E-state index contributed by atoms with van der Waals surface area (Å²) >= 11 is 0. The van der Waals surface area contributed by atoms with Gasteiger partial charge in [-0.3, -0.25) is 4.79 Å². The maximum absolute atomic E-state index is 10.5. The van der Waals surface area contributed by atoms with Gasteiger partial charge >= 0.3 is 5.97 Å². The zero-order chi connectivity index (χ0) is 9.68. The Bertz CT molecular complexity index is 352. The molecule has 1 aromatic rings. The first kappa shape index (κ1) is 9.27. The predicted molar refractivity (Wildman–Crippen MR) is 48.2 cm³/mol. The first-order valence-corrected chi connectivity index (χ1v) is 3.83. The standard InChI is InChI=1S/C10H9NO2/c1-8(12)13-7-9-5-3-4-6-10(9)11-2/h3-6H,7H2,1H3. The minimum Gasteiger partial charge on any atom is -0.462 e. The molecule has 0 N–H and O–H groups in total. The number of hydrogen-bond donors (Lipinski definition) is 0. The summed E-state index contributed by atoms with van der Waals surface area (Å²) in [6, 6.07) is 7.07. The van der Waals surface area contributed by atoms with E-state index in [0.717, 1.165) is 5.56 Å². The molecular weight excluding hydrogens is 166 g/mol. The SMILES string of the molecule is [C-]#[N+]c1ccccc1COC(C)=O. The van der Waals surface area contributed by atoms with Gasteiger partial charge in [-0.2, -0.15) is 0 Å². The Balaban J connectivity index is 2.77. The van der Waals surface area contributed by atoms with E-state index in [4.69, 9.17) is 11.3 Å². The summed E-state index contributed by atoms with van der Waals surface area (Å²) in [5, 5.41) is 0. The average Bonchev–Trinajstić information content (AvgIpc) is 2.15. The molecule has 0 aliphatic carbocycles. The van der Waals surface area contributed by atoms with Gasteiger partial charge in [-0.15, -0.1) is 0 Å². The molecule has 0 spiro atoms. The molecule has 0 aliphatic heterocycles. The zero-order valence-corrected chi connectivity index (χ0v) is 7.28. The van der Waals surface area contributed by atoms with Gasteiger partial charge in [-0.05, 0) is 5.56 Å². The van der Waals surface area contributed by atoms with Gasteiger partial charge in [0, 0.05) is 6.92 Å². The van der Waals surface area contributed by atoms with Crippen molar-refractivity contribution in [1.29, 1.82) is 0 Å². The molecule has 0 aliphatic rings. The summed E-state index contributed by atoms with van der Waals surface area (Å²) < 4.78 is 4.79. The van der Waals surface area contributed by atoms with E-state index in [1.807, 2.05) is 6.07 Å². The molecule has 0 saturated heterocycles. The fourth-order valence-corrected chi connectivity index (χ4v) is 0.921. The smallest absolute Gasteiger partial charge is 0.302 e. The highest BCUT2D eigenvalue weighted by Gasteiger charge is 2.01. The van der Waals surface area contributed by atoms with Crippen LogP contribution < -0.4 is 0 Å². The van der Waals surface area contributed by atoms with Crippen LogP contribution >= 0.6 is 0 Å². The van der Waals surface area contributed by atoms with E-state index in [0.29, 0.717) is 5.69 Å². The second kappa shape index (κ2) is 4.27. The van der Waals surface area contributed by atoms with Crippen LogP contribution in [0.1, 0.15) is 12.5 Å². The van der Waals surface area contributed by atoms with E-state index < -0.39 is 0 Å². The van der Waals surface area contributed by atoms with Crippen molar-refractivity contribution in [2.24, 2.45) is 0 Å². The molecule has 0 heterocycles. The molecule has 0 bridgehead atoms. The van der Waals surface area contributed by atoms with Crippen LogP contribution in [-0.2, 0) is 16.1 Å². The van der Waals surface area contributed by atoms with Gasteiger partial charge in [0.25, 0.3) is 0 Å². The number of rotatable bonds is 2. The van der Waals surface area contributed by atoms with Gasteiger partial charge < -0.3 is 4.74 Å². The van der Waals surface area contributed by atoms with Crippen LogP contribution in [-0.4, -0.2) is 5.97 Å². The minimum atomic E-state index is -0.334. The Hall–Kier alpha value is -1.82. The van der Waals surface area contributed by atoms with Crippen molar-refractivity contribution in [2.45, 2.75) is 13.5 Å². The Morgan fingerprint density at radius 1 is 1.54 bits per heavy atom. The van der Waals surface area contributed by atoms with Gasteiger partial charge in [-0.25, -0.2) is 4.85 Å². The summed E-state index contributed by atoms with van der Waals surface area (Å²) in [5.74, 6) is -0.334. The van der Waals surface area contributed by atoms with Gasteiger partial charge in [0.1, 0.15) is 6.61 Å². The minimum absolute atomic E-state index is 0.174. The predicted octanol–water partition coefficient (Wildman–Crippen LogP) is 2.30. The second-order valence-corrected chi connectivity index (χ2v) is 2.52. The van der Waals surface area contributed by atoms with E-state index >= 15 is 0 Å². The molecule has 0 radical (unpaired) electrons. The zero-order valence-electron chi connectivity index (χ0n) is 7.28. The number of carbonyl (C=O) groups is 1. The summed E-state index contributed by atoms with van der Waals surface area (Å²) in [5.41, 5.74) is 1.27. The highest BCUT2D eigenvalue weighted by atomic mass is 16.5. The fourth-order valence-electron chi connectivity index (χ4n) is 0.921. The number of ether oxygens (including phenoxy) is 1. The Morgan fingerprint density at radius 2 is 2.23 bits per heavy atom. The first-order chi connectivity index (χ1) is 6.24. The van der Waals surface area contributed by atoms with Crippen molar-refractivity contribution >= 4 is 11.7 Å². The van der Waals surface area contributed by atoms with Crippen molar-refractivity contribution in [3.8, 4) is 0 Å². The van der Waals surface area contributed by atoms with Crippen LogP contribution in [0.5, 0.6) is 0 Å². The van der Waals surface area contributed by atoms with Crippen LogP contribution in [0.2, 0.25) is 0 Å². The molecule has 3 heteroatoms. The third-order valence-electron chi connectivity index (χ3n) is 1.54. The van der Waals surface area contributed by atoms with Crippen LogP contribution in [0.15, 0.2) is 24.3 Å². The molecule has 0 atom stereocenters. The van der Waals surface area contributed by atoms with Gasteiger partial charge in [0.2, 0.25) is 0 Å². The Morgan fingerprint density at radius 3 is 2.85 bits per heavy atom. The molecule has 66 valence electrons. The van der Waals surface area contributed by atoms with Crippen LogP contribution in [0.3, 0.4) is 0 Å². The van der Waals surface area contributed by atoms with Gasteiger partial charge in [0.15, 0.2) is 5.69 Å². The van der Waals surface area contributed by atoms with E-state index in [9.17, 15) is 4.79 Å². The normalized spacial score (nSPS) is 8.92. The Labute approximate surface area is 76.8 Å². The van der Waals surface area contributed by atoms with Crippen molar-refractivity contribution in [3.63, 3.8) is 0 Å². The van der Waals surface area contributed by atoms with Gasteiger partial charge in [0.05, 0.1) is 6.57 Å². The van der Waals surface area contributed by atoms with Crippen LogP contribution in [0.25, 0.3) is 4.85 Å². The van der Waals surface area contributed by atoms with Crippen LogP contribution in [0.4, 0.5) is 5.69 Å². The summed E-state index contributed by atoms with van der Waals surface area (Å²) in [6.45, 7) is 8.38. The highest BCUT2D eigenvalue weighted by molar-refractivity contribution is 5.66. The molecule has 0 unspecified atom stereocenters. The molecular formula is C10H9NO2. The van der Waals surface area contributed by atoms with Crippen molar-refractivity contribution < 1.29 is 9.53 Å². The lowest BCUT2D eigenvalue weighted by Gasteiger charge is -2.03. The van der Waals surface area contributed by atoms with Gasteiger partial charge in [-0.1, -0.05) is 24.3 Å². The van der Waals surface area contributed by atoms with Crippen molar-refractivity contribution in [1.82, 2.24) is 0 Å². The molecule has 0 fully saturated rings. The third-order valence-corrected chi connectivity index (χ3v) is 1.54. The van der Waals surface area contributed by atoms with Crippen LogP contribution in [0, 0.1) is 6.57 Å². The molecule has 0 saturated carbocycles. The van der Waals surface area contributed by atoms with E-state index in [2.05, 4.69) is 4.85 Å². The number of nitrogens with zero attached hydrogens (tertiary/aromatic N) is 1. The van der Waals surface area contributed by atoms with E-state index in [-0.39, 0.29) is 12.6 Å². The van der Waals surface area contributed by atoms with Crippen molar-refractivity contribution in [3.05, 3.63) is 41.2 Å². The number of carbonyl (C=O) groups excluding carboxylic acids is 1. The highest BCUT2D eigenvalue weighted by Crippen LogP contribution is 2.18. The lowest BCUT2D eigenvalue weighted by molar-refractivity contribution is -0.142. The first-order valence-electron chi connectivity index (χ1n) is 3.83. The second-order valence-electron chi connectivity index (χ2n) is 2.52. The summed E-state index contributed by atoms with van der Waals surface area (Å²) in [7, 11) is 0. The average molecular weight is 175 g/mol. The topological polar surface area (TPSA) is 30.7 Å². The molecule has 0 aromatic heterocycles. The number of benzene rings is 1. The summed E-state index contributed by atoms with van der Waals surface area (Å²) in [6.07, 6.45) is 0. The largest absolute Gasteiger partial charge is 0.462 e. The van der Waals surface area contributed by atoms with E-state index in [1.54, 1.807) is 18.2 Å². The molecule has 3 nitrogen and oxygen atoms in total. The number of esters is 1. The maximum atomic E-state index is 10.5. The van der Waals surface area contributed by atoms with E-state index in [1.165, 1.54) is 6.92 Å². The molecule has 1 rings (SSSR count). The lowest BCUT2D eigenvalue weighted by Crippen LogP contribution is -1.98. The monoisotopic (exact) mass is 175 g/mol. The summed E-state index contributed by atoms with van der Waals surface area (Å²) in [4.78, 5) is 13.8. The van der Waals surface area contributed by atoms with Crippen molar-refractivity contribution in [2.75, 3.05) is 0 Å². The fraction of sp³-hybridized carbons (Fsp3) is 0.200. The Kier molecular flexibility index (Phi) is 3.04. The maximum Gasteiger partial charge on any atom is 0.302 e. The lowest BCUT2D eigenvalue weighted by atomic mass is 10.2. The third kappa shape index (κ3) is 2.60. The molecule has 0 amide bonds.